The molecule has 2 N–H and O–H groups in total. The number of anilines is 1. The Hall–Kier alpha value is -4.76. The SMILES string of the molecule is COC(=O)C1=C(C(=O)NC2CCN(C(=O)c3ccccn3)CC2)C2C=CC1(C(Cc1ccccc1)Nc1ccccc1)O2. The second kappa shape index (κ2) is 12.2. The van der Waals surface area contributed by atoms with E-state index in [9.17, 15) is 14.4 Å². The van der Waals surface area contributed by atoms with Gasteiger partial charge in [-0.3, -0.25) is 14.6 Å². The maximum Gasteiger partial charge on any atom is 0.337 e. The average molecular weight is 579 g/mol. The lowest BCUT2D eigenvalue weighted by Crippen LogP contribution is -2.50. The van der Waals surface area contributed by atoms with E-state index in [1.807, 2.05) is 72.8 Å². The predicted octanol–water partition coefficient (Wildman–Crippen LogP) is 3.70. The fourth-order valence-electron chi connectivity index (χ4n) is 6.19. The van der Waals surface area contributed by atoms with E-state index < -0.39 is 23.7 Å². The van der Waals surface area contributed by atoms with Gasteiger partial charge >= 0.3 is 5.97 Å². The third-order valence-electron chi connectivity index (χ3n) is 8.34. The monoisotopic (exact) mass is 578 g/mol. The number of likely N-dealkylation sites (tertiary alicyclic amines) is 1. The second-order valence-corrected chi connectivity index (χ2v) is 11.0. The number of benzene rings is 2. The Morgan fingerprint density at radius 1 is 1.00 bits per heavy atom. The van der Waals surface area contributed by atoms with E-state index in [-0.39, 0.29) is 29.0 Å². The zero-order valence-corrected chi connectivity index (χ0v) is 23.9. The lowest BCUT2D eigenvalue weighted by Gasteiger charge is -2.36. The largest absolute Gasteiger partial charge is 0.466 e. The molecular weight excluding hydrogens is 544 g/mol. The van der Waals surface area contributed by atoms with E-state index in [0.29, 0.717) is 38.0 Å². The normalized spacial score (nSPS) is 21.9. The number of para-hydroxylation sites is 1. The number of methoxy groups -OCH3 is 1. The number of rotatable bonds is 9. The molecule has 43 heavy (non-hydrogen) atoms. The molecule has 1 fully saturated rings. The first-order valence-corrected chi connectivity index (χ1v) is 14.6. The van der Waals surface area contributed by atoms with Crippen molar-refractivity contribution in [2.75, 3.05) is 25.5 Å². The molecule has 3 aliphatic heterocycles. The molecule has 2 bridgehead atoms. The van der Waals surface area contributed by atoms with Crippen molar-refractivity contribution in [2.24, 2.45) is 0 Å². The molecule has 3 aliphatic rings. The maximum absolute atomic E-state index is 13.9. The number of amides is 2. The van der Waals surface area contributed by atoms with Gasteiger partial charge in [0.2, 0.25) is 0 Å². The first-order valence-electron chi connectivity index (χ1n) is 14.6. The van der Waals surface area contributed by atoms with Crippen molar-refractivity contribution in [3.05, 3.63) is 120 Å². The number of fused-ring (bicyclic) bond motifs is 2. The van der Waals surface area contributed by atoms with Gasteiger partial charge in [0.15, 0.2) is 0 Å². The van der Waals surface area contributed by atoms with Crippen LogP contribution in [0, 0.1) is 0 Å². The molecule has 0 radical (unpaired) electrons. The minimum absolute atomic E-state index is 0.120. The van der Waals surface area contributed by atoms with Crippen LogP contribution in [0.15, 0.2) is 108 Å². The average Bonchev–Trinajstić information content (AvgIpc) is 3.64. The van der Waals surface area contributed by atoms with Gasteiger partial charge in [-0.25, -0.2) is 4.79 Å². The fraction of sp³-hybridized carbons (Fsp3) is 0.294. The van der Waals surface area contributed by atoms with E-state index in [0.717, 1.165) is 11.3 Å². The number of carbonyl (C=O) groups is 3. The smallest absolute Gasteiger partial charge is 0.337 e. The standard InChI is InChI=1S/C34H34N4O5/c1-42-33(41)30-29(31(39)37-25-16-20-38(21-17-25)32(40)26-14-8-9-19-35-26)27-15-18-34(30,43-27)28(22-23-10-4-2-5-11-23)36-24-12-6-3-7-13-24/h2-15,18-19,25,27-28,36H,16-17,20-22H2,1H3,(H,37,39). The molecule has 3 unspecified atom stereocenters. The number of aromatic nitrogens is 1. The summed E-state index contributed by atoms with van der Waals surface area (Å²) >= 11 is 0. The molecule has 6 rings (SSSR count). The molecule has 2 aromatic carbocycles. The van der Waals surface area contributed by atoms with Gasteiger partial charge in [-0.15, -0.1) is 0 Å². The Kier molecular flexibility index (Phi) is 8.07. The summed E-state index contributed by atoms with van der Waals surface area (Å²) in [5, 5.41) is 6.69. The van der Waals surface area contributed by atoms with Gasteiger partial charge in [0.05, 0.1) is 24.3 Å². The van der Waals surface area contributed by atoms with Gasteiger partial charge in [-0.1, -0.05) is 60.7 Å². The molecule has 3 atom stereocenters. The fourth-order valence-corrected chi connectivity index (χ4v) is 6.19. The van der Waals surface area contributed by atoms with E-state index in [1.165, 1.54) is 7.11 Å². The van der Waals surface area contributed by atoms with Crippen LogP contribution in [0.1, 0.15) is 28.9 Å². The summed E-state index contributed by atoms with van der Waals surface area (Å²) in [4.78, 5) is 46.0. The Balaban J connectivity index is 1.24. The minimum atomic E-state index is -1.21. The molecule has 4 heterocycles. The quantitative estimate of drug-likeness (QED) is 0.294. The summed E-state index contributed by atoms with van der Waals surface area (Å²) in [6.45, 7) is 0.986. The van der Waals surface area contributed by atoms with Crippen molar-refractivity contribution in [2.45, 2.75) is 43.1 Å². The highest BCUT2D eigenvalue weighted by Gasteiger charge is 2.58. The summed E-state index contributed by atoms with van der Waals surface area (Å²) < 4.78 is 11.8. The number of nitrogens with zero attached hydrogens (tertiary/aromatic N) is 2. The lowest BCUT2D eigenvalue weighted by molar-refractivity contribution is -0.138. The van der Waals surface area contributed by atoms with Crippen molar-refractivity contribution in [3.63, 3.8) is 0 Å². The molecule has 220 valence electrons. The molecule has 2 amide bonds. The Morgan fingerprint density at radius 2 is 1.70 bits per heavy atom. The zero-order valence-electron chi connectivity index (χ0n) is 23.9. The molecule has 0 aliphatic carbocycles. The maximum atomic E-state index is 13.9. The number of piperidine rings is 1. The third kappa shape index (κ3) is 5.68. The predicted molar refractivity (Wildman–Crippen MR) is 161 cm³/mol. The topological polar surface area (TPSA) is 110 Å². The van der Waals surface area contributed by atoms with Crippen LogP contribution in [-0.2, 0) is 25.5 Å². The van der Waals surface area contributed by atoms with Gasteiger partial charge in [0.1, 0.15) is 17.4 Å². The Morgan fingerprint density at radius 3 is 2.37 bits per heavy atom. The number of esters is 1. The van der Waals surface area contributed by atoms with Crippen LogP contribution in [0.25, 0.3) is 0 Å². The number of carbonyl (C=O) groups excluding carboxylic acids is 3. The summed E-state index contributed by atoms with van der Waals surface area (Å²) in [7, 11) is 1.32. The van der Waals surface area contributed by atoms with Crippen LogP contribution in [-0.4, -0.2) is 71.7 Å². The van der Waals surface area contributed by atoms with Crippen molar-refractivity contribution >= 4 is 23.5 Å². The number of nitrogens with one attached hydrogen (secondary N) is 2. The zero-order chi connectivity index (χ0) is 29.8. The summed E-state index contributed by atoms with van der Waals surface area (Å²) in [6.07, 6.45) is 6.35. The molecule has 9 nitrogen and oxygen atoms in total. The van der Waals surface area contributed by atoms with Gasteiger partial charge < -0.3 is 25.0 Å². The van der Waals surface area contributed by atoms with Gasteiger partial charge in [0, 0.05) is 31.0 Å². The van der Waals surface area contributed by atoms with Crippen LogP contribution >= 0.6 is 0 Å². The lowest BCUT2D eigenvalue weighted by atomic mass is 9.78. The molecule has 0 spiro atoms. The van der Waals surface area contributed by atoms with E-state index in [1.54, 1.807) is 29.3 Å². The van der Waals surface area contributed by atoms with Crippen LogP contribution in [0.3, 0.4) is 0 Å². The van der Waals surface area contributed by atoms with Crippen molar-refractivity contribution in [1.82, 2.24) is 15.2 Å². The highest BCUT2D eigenvalue weighted by atomic mass is 16.5. The highest BCUT2D eigenvalue weighted by molar-refractivity contribution is 6.07. The molecule has 3 aromatic rings. The van der Waals surface area contributed by atoms with E-state index in [2.05, 4.69) is 15.6 Å². The molecule has 9 heteroatoms. The highest BCUT2D eigenvalue weighted by Crippen LogP contribution is 2.47. The summed E-state index contributed by atoms with van der Waals surface area (Å²) in [6, 6.07) is 24.4. The first kappa shape index (κ1) is 28.4. The van der Waals surface area contributed by atoms with Crippen LogP contribution in [0.5, 0.6) is 0 Å². The van der Waals surface area contributed by atoms with Crippen LogP contribution in [0.2, 0.25) is 0 Å². The van der Waals surface area contributed by atoms with Crippen LogP contribution < -0.4 is 10.6 Å². The van der Waals surface area contributed by atoms with Crippen molar-refractivity contribution < 1.29 is 23.9 Å². The summed E-state index contributed by atoms with van der Waals surface area (Å²) in [5.41, 5.74) is 1.60. The number of pyridine rings is 1. The molecular formula is C34H34N4O5. The molecule has 1 saturated heterocycles. The third-order valence-corrected chi connectivity index (χ3v) is 8.34. The van der Waals surface area contributed by atoms with Gasteiger partial charge in [-0.05, 0) is 55.2 Å². The number of hydrogen-bond acceptors (Lipinski definition) is 7. The summed E-state index contributed by atoms with van der Waals surface area (Å²) in [5.74, 6) is -1.07. The van der Waals surface area contributed by atoms with E-state index >= 15 is 0 Å². The van der Waals surface area contributed by atoms with Crippen molar-refractivity contribution in [1.29, 1.82) is 0 Å². The van der Waals surface area contributed by atoms with Crippen molar-refractivity contribution in [3.8, 4) is 0 Å². The molecule has 0 saturated carbocycles. The van der Waals surface area contributed by atoms with E-state index in [4.69, 9.17) is 9.47 Å². The Labute approximate surface area is 250 Å². The first-order chi connectivity index (χ1) is 21.0. The van der Waals surface area contributed by atoms with Crippen LogP contribution in [0.4, 0.5) is 5.69 Å². The number of hydrogen-bond donors (Lipinski definition) is 2. The Bertz CT molecular complexity index is 1490. The van der Waals surface area contributed by atoms with Gasteiger partial charge in [-0.2, -0.15) is 0 Å². The number of ether oxygens (including phenoxy) is 2. The molecule has 1 aromatic heterocycles. The second-order valence-electron chi connectivity index (χ2n) is 11.0. The minimum Gasteiger partial charge on any atom is -0.466 e. The van der Waals surface area contributed by atoms with Gasteiger partial charge in [0.25, 0.3) is 11.8 Å².